The molecule has 1 aromatic heterocycles. The van der Waals surface area contributed by atoms with E-state index in [-0.39, 0.29) is 11.4 Å². The Kier molecular flexibility index (Phi) is 3.82. The van der Waals surface area contributed by atoms with Crippen LogP contribution in [0.4, 0.5) is 0 Å². The van der Waals surface area contributed by atoms with Crippen LogP contribution >= 0.6 is 0 Å². The molecule has 0 amide bonds. The van der Waals surface area contributed by atoms with Gasteiger partial charge in [-0.15, -0.1) is 0 Å². The van der Waals surface area contributed by atoms with Gasteiger partial charge in [-0.25, -0.2) is 13.1 Å². The molecule has 1 aromatic carbocycles. The molecule has 124 valence electrons. The lowest BCUT2D eigenvalue weighted by atomic mass is 9.96. The molecule has 23 heavy (non-hydrogen) atoms. The summed E-state index contributed by atoms with van der Waals surface area (Å²) in [7, 11) is -2.01. The summed E-state index contributed by atoms with van der Waals surface area (Å²) >= 11 is 0. The van der Waals surface area contributed by atoms with Crippen LogP contribution in [-0.2, 0) is 29.1 Å². The molecule has 0 fully saturated rings. The van der Waals surface area contributed by atoms with Crippen molar-refractivity contribution in [2.75, 3.05) is 6.54 Å². The third kappa shape index (κ3) is 2.69. The lowest BCUT2D eigenvalue weighted by Crippen LogP contribution is -2.39. The number of nitrogens with zero attached hydrogens (tertiary/aromatic N) is 2. The van der Waals surface area contributed by atoms with E-state index in [2.05, 4.69) is 9.82 Å². The monoisotopic (exact) mass is 335 g/mol. The molecule has 3 rings (SSSR count). The molecule has 7 heteroatoms. The van der Waals surface area contributed by atoms with Crippen LogP contribution in [0.15, 0.2) is 29.2 Å². The number of aliphatic hydroxyl groups is 1. The van der Waals surface area contributed by atoms with Gasteiger partial charge in [0.2, 0.25) is 10.0 Å². The van der Waals surface area contributed by atoms with Gasteiger partial charge in [-0.3, -0.25) is 4.68 Å². The molecular formula is C16H21N3O3S. The molecule has 0 aliphatic heterocycles. The second-order valence-electron chi connectivity index (χ2n) is 6.14. The highest BCUT2D eigenvalue weighted by Gasteiger charge is 2.38. The van der Waals surface area contributed by atoms with Gasteiger partial charge in [0.15, 0.2) is 0 Å². The lowest BCUT2D eigenvalue weighted by Gasteiger charge is -2.24. The number of rotatable bonds is 4. The van der Waals surface area contributed by atoms with Gasteiger partial charge in [-0.2, -0.15) is 5.10 Å². The van der Waals surface area contributed by atoms with Crippen LogP contribution in [0.5, 0.6) is 0 Å². The summed E-state index contributed by atoms with van der Waals surface area (Å²) in [5, 5.41) is 15.0. The predicted octanol–water partition coefficient (Wildman–Crippen LogP) is 1.15. The third-order valence-corrected chi connectivity index (χ3v) is 6.25. The van der Waals surface area contributed by atoms with E-state index in [9.17, 15) is 13.5 Å². The Morgan fingerprint density at radius 1 is 1.35 bits per heavy atom. The van der Waals surface area contributed by atoms with Crippen molar-refractivity contribution < 1.29 is 13.5 Å². The molecule has 0 saturated carbocycles. The van der Waals surface area contributed by atoms with Crippen LogP contribution in [0.1, 0.15) is 28.9 Å². The summed E-state index contributed by atoms with van der Waals surface area (Å²) in [6.07, 6.45) is 1.26. The van der Waals surface area contributed by atoms with Gasteiger partial charge in [0.25, 0.3) is 0 Å². The van der Waals surface area contributed by atoms with E-state index in [4.69, 9.17) is 0 Å². The van der Waals surface area contributed by atoms with Gasteiger partial charge in [0, 0.05) is 13.6 Å². The van der Waals surface area contributed by atoms with Crippen LogP contribution in [0.25, 0.3) is 0 Å². The maximum absolute atomic E-state index is 12.6. The molecule has 6 nitrogen and oxygen atoms in total. The van der Waals surface area contributed by atoms with E-state index in [0.717, 1.165) is 17.5 Å². The molecule has 1 atom stereocenters. The molecule has 2 aromatic rings. The maximum Gasteiger partial charge on any atom is 0.244 e. The van der Waals surface area contributed by atoms with E-state index in [1.165, 1.54) is 0 Å². The number of benzene rings is 1. The zero-order chi connectivity index (χ0) is 16.8. The summed E-state index contributed by atoms with van der Waals surface area (Å²) in [4.78, 5) is 0.190. The van der Waals surface area contributed by atoms with Crippen molar-refractivity contribution in [3.63, 3.8) is 0 Å². The number of aromatic nitrogens is 2. The van der Waals surface area contributed by atoms with Crippen molar-refractivity contribution in [1.29, 1.82) is 0 Å². The third-order valence-electron chi connectivity index (χ3n) is 4.59. The Hall–Kier alpha value is -1.70. The largest absolute Gasteiger partial charge is 0.384 e. The fraction of sp³-hybridized carbons (Fsp3) is 0.438. The summed E-state index contributed by atoms with van der Waals surface area (Å²) in [6.45, 7) is 3.34. The summed E-state index contributed by atoms with van der Waals surface area (Å²) in [5.74, 6) is 0. The number of nitrogens with one attached hydrogen (secondary N) is 1. The van der Waals surface area contributed by atoms with Gasteiger partial charge < -0.3 is 5.11 Å². The van der Waals surface area contributed by atoms with Gasteiger partial charge in [-0.05, 0) is 37.8 Å². The van der Waals surface area contributed by atoms with Crippen molar-refractivity contribution in [1.82, 2.24) is 14.5 Å². The number of hydrogen-bond acceptors (Lipinski definition) is 4. The summed E-state index contributed by atoms with van der Waals surface area (Å²) in [5.41, 5.74) is 1.75. The van der Waals surface area contributed by atoms with Crippen molar-refractivity contribution in [2.45, 2.75) is 37.2 Å². The fourth-order valence-electron chi connectivity index (χ4n) is 3.28. The zero-order valence-electron chi connectivity index (χ0n) is 13.5. The van der Waals surface area contributed by atoms with Crippen molar-refractivity contribution in [3.8, 4) is 0 Å². The Morgan fingerprint density at radius 2 is 2.04 bits per heavy atom. The molecule has 0 saturated heterocycles. The summed E-state index contributed by atoms with van der Waals surface area (Å²) < 4.78 is 29.4. The number of sulfonamides is 1. The topological polar surface area (TPSA) is 84.2 Å². The van der Waals surface area contributed by atoms with Crippen molar-refractivity contribution >= 4 is 10.0 Å². The van der Waals surface area contributed by atoms with E-state index in [1.807, 2.05) is 24.3 Å². The van der Waals surface area contributed by atoms with Gasteiger partial charge >= 0.3 is 0 Å². The van der Waals surface area contributed by atoms with Crippen LogP contribution in [0, 0.1) is 13.8 Å². The first-order valence-corrected chi connectivity index (χ1v) is 9.03. The van der Waals surface area contributed by atoms with Gasteiger partial charge in [0.1, 0.15) is 10.5 Å². The van der Waals surface area contributed by atoms with Crippen LogP contribution < -0.4 is 4.72 Å². The average molecular weight is 335 g/mol. The van der Waals surface area contributed by atoms with Gasteiger partial charge in [-0.1, -0.05) is 24.3 Å². The first-order chi connectivity index (χ1) is 10.7. The molecular weight excluding hydrogens is 314 g/mol. The van der Waals surface area contributed by atoms with Crippen LogP contribution in [0.3, 0.4) is 0 Å². The molecule has 0 unspecified atom stereocenters. The summed E-state index contributed by atoms with van der Waals surface area (Å²) in [6, 6.07) is 7.62. The fourth-order valence-corrected chi connectivity index (χ4v) is 4.81. The molecule has 0 radical (unpaired) electrons. The second-order valence-corrected chi connectivity index (χ2v) is 7.84. The Balaban J connectivity index is 1.86. The molecule has 1 heterocycles. The van der Waals surface area contributed by atoms with E-state index >= 15 is 0 Å². The highest BCUT2D eigenvalue weighted by Crippen LogP contribution is 2.36. The first-order valence-electron chi connectivity index (χ1n) is 7.55. The smallest absolute Gasteiger partial charge is 0.244 e. The number of aryl methyl sites for hydroxylation is 3. The Labute approximate surface area is 136 Å². The normalized spacial score (nSPS) is 20.7. The highest BCUT2D eigenvalue weighted by atomic mass is 32.2. The Bertz CT molecular complexity index is 857. The van der Waals surface area contributed by atoms with Gasteiger partial charge in [0.05, 0.1) is 11.4 Å². The SMILES string of the molecule is Cc1nn(C)c(C)c1S(=O)(=O)NC[C@@]1(O)CCc2ccccc21. The standard InChI is InChI=1S/C16H21N3O3S/c1-11-15(12(2)19(3)18-11)23(21,22)17-10-16(20)9-8-13-6-4-5-7-14(13)16/h4-7,17,20H,8-10H2,1-3H3/t16-/m0/s1. The van der Waals surface area contributed by atoms with E-state index < -0.39 is 15.6 Å². The predicted molar refractivity (Wildman–Crippen MR) is 86.5 cm³/mol. The lowest BCUT2D eigenvalue weighted by molar-refractivity contribution is 0.0442. The average Bonchev–Trinajstić information content (AvgIpc) is 2.96. The minimum atomic E-state index is -3.72. The van der Waals surface area contributed by atoms with E-state index in [1.54, 1.807) is 25.6 Å². The molecule has 2 N–H and O–H groups in total. The molecule has 0 bridgehead atoms. The quantitative estimate of drug-likeness (QED) is 0.878. The minimum absolute atomic E-state index is 0.0415. The number of hydrogen-bond donors (Lipinski definition) is 2. The number of fused-ring (bicyclic) bond motifs is 1. The first kappa shape index (κ1) is 16.2. The van der Waals surface area contributed by atoms with E-state index in [0.29, 0.717) is 17.8 Å². The van der Waals surface area contributed by atoms with Crippen molar-refractivity contribution in [3.05, 3.63) is 46.8 Å². The molecule has 1 aliphatic carbocycles. The molecule has 0 spiro atoms. The minimum Gasteiger partial charge on any atom is -0.384 e. The maximum atomic E-state index is 12.6. The van der Waals surface area contributed by atoms with Crippen molar-refractivity contribution in [2.24, 2.45) is 7.05 Å². The Morgan fingerprint density at radius 3 is 2.70 bits per heavy atom. The second kappa shape index (κ2) is 5.43. The van der Waals surface area contributed by atoms with Crippen LogP contribution in [0.2, 0.25) is 0 Å². The highest BCUT2D eigenvalue weighted by molar-refractivity contribution is 7.89. The molecule has 1 aliphatic rings. The van der Waals surface area contributed by atoms with Crippen LogP contribution in [-0.4, -0.2) is 29.8 Å². The zero-order valence-corrected chi connectivity index (χ0v) is 14.3.